The number of anilines is 1. The zero-order valence-corrected chi connectivity index (χ0v) is 18.2. The Hall–Kier alpha value is -3.23. The number of hydrogen-bond donors (Lipinski definition) is 1. The molecule has 0 bridgehead atoms. The van der Waals surface area contributed by atoms with E-state index < -0.39 is 23.2 Å². The van der Waals surface area contributed by atoms with Crippen molar-refractivity contribution in [1.29, 1.82) is 0 Å². The van der Waals surface area contributed by atoms with Gasteiger partial charge in [-0.05, 0) is 29.8 Å². The van der Waals surface area contributed by atoms with E-state index in [1.807, 2.05) is 53.1 Å². The standard InChI is InChI=1S/C23H17ClF2N4OS/c24-17-10-5-4-9-16(17)22-28-29-23(30(22)13-15-7-2-1-3-8-15)32-14-20(31)27-21-18(25)11-6-12-19(21)26/h1-12H,13-14H2,(H,27,31). The number of aromatic nitrogens is 3. The van der Waals surface area contributed by atoms with Crippen molar-refractivity contribution in [2.24, 2.45) is 0 Å². The minimum Gasteiger partial charge on any atom is -0.320 e. The molecule has 0 atom stereocenters. The second-order valence-corrected chi connectivity index (χ2v) is 8.14. The molecule has 0 aliphatic rings. The maximum absolute atomic E-state index is 13.8. The lowest BCUT2D eigenvalue weighted by molar-refractivity contribution is -0.113. The third kappa shape index (κ3) is 4.98. The molecule has 3 aromatic carbocycles. The fourth-order valence-electron chi connectivity index (χ4n) is 3.07. The molecular weight excluding hydrogens is 454 g/mol. The van der Waals surface area contributed by atoms with Crippen LogP contribution in [-0.2, 0) is 11.3 Å². The molecule has 0 fully saturated rings. The van der Waals surface area contributed by atoms with Crippen LogP contribution in [-0.4, -0.2) is 26.4 Å². The van der Waals surface area contributed by atoms with Crippen LogP contribution >= 0.6 is 23.4 Å². The number of halogens is 3. The van der Waals surface area contributed by atoms with Crippen molar-refractivity contribution in [3.8, 4) is 11.4 Å². The fraction of sp³-hybridized carbons (Fsp3) is 0.0870. The molecular formula is C23H17ClF2N4OS. The molecule has 0 unspecified atom stereocenters. The Morgan fingerprint density at radius 2 is 1.62 bits per heavy atom. The molecule has 0 radical (unpaired) electrons. The van der Waals surface area contributed by atoms with Gasteiger partial charge in [0.25, 0.3) is 0 Å². The summed E-state index contributed by atoms with van der Waals surface area (Å²) in [5, 5.41) is 11.8. The lowest BCUT2D eigenvalue weighted by Crippen LogP contribution is -2.17. The van der Waals surface area contributed by atoms with Gasteiger partial charge < -0.3 is 5.32 Å². The minimum atomic E-state index is -0.836. The molecule has 1 N–H and O–H groups in total. The van der Waals surface area contributed by atoms with Gasteiger partial charge in [0.05, 0.1) is 17.3 Å². The number of nitrogens with one attached hydrogen (secondary N) is 1. The minimum absolute atomic E-state index is 0.108. The molecule has 0 saturated heterocycles. The highest BCUT2D eigenvalue weighted by molar-refractivity contribution is 7.99. The Labute approximate surface area is 192 Å². The molecule has 0 aliphatic carbocycles. The summed E-state index contributed by atoms with van der Waals surface area (Å²) in [6, 6.07) is 20.4. The Balaban J connectivity index is 1.58. The van der Waals surface area contributed by atoms with Crippen LogP contribution in [0.15, 0.2) is 78.0 Å². The summed E-state index contributed by atoms with van der Waals surface area (Å²) in [6.45, 7) is 0.459. The summed E-state index contributed by atoms with van der Waals surface area (Å²) >= 11 is 7.48. The topological polar surface area (TPSA) is 59.8 Å². The van der Waals surface area contributed by atoms with E-state index in [0.29, 0.717) is 28.1 Å². The third-order valence-electron chi connectivity index (χ3n) is 4.57. The second-order valence-electron chi connectivity index (χ2n) is 6.79. The number of rotatable bonds is 7. The van der Waals surface area contributed by atoms with Crippen molar-refractivity contribution in [3.05, 3.63) is 95.0 Å². The number of nitrogens with zero attached hydrogens (tertiary/aromatic N) is 3. The summed E-state index contributed by atoms with van der Waals surface area (Å²) < 4.78 is 29.5. The summed E-state index contributed by atoms with van der Waals surface area (Å²) in [6.07, 6.45) is 0. The highest BCUT2D eigenvalue weighted by Crippen LogP contribution is 2.30. The van der Waals surface area contributed by atoms with Crippen molar-refractivity contribution in [1.82, 2.24) is 14.8 Å². The van der Waals surface area contributed by atoms with E-state index in [0.717, 1.165) is 29.5 Å². The molecule has 0 aliphatic heterocycles. The highest BCUT2D eigenvalue weighted by atomic mass is 35.5. The molecule has 1 heterocycles. The predicted octanol–water partition coefficient (Wildman–Crippen LogP) is 5.66. The lowest BCUT2D eigenvalue weighted by Gasteiger charge is -2.11. The molecule has 4 aromatic rings. The van der Waals surface area contributed by atoms with E-state index in [1.165, 1.54) is 6.07 Å². The van der Waals surface area contributed by atoms with Crippen molar-refractivity contribution < 1.29 is 13.6 Å². The van der Waals surface area contributed by atoms with Crippen LogP contribution in [0, 0.1) is 11.6 Å². The van der Waals surface area contributed by atoms with Crippen molar-refractivity contribution in [2.45, 2.75) is 11.7 Å². The number of para-hydroxylation sites is 1. The smallest absolute Gasteiger partial charge is 0.235 e. The summed E-state index contributed by atoms with van der Waals surface area (Å²) in [5.41, 5.74) is 1.25. The van der Waals surface area contributed by atoms with Gasteiger partial charge in [0.2, 0.25) is 5.91 Å². The first-order valence-corrected chi connectivity index (χ1v) is 11.0. The molecule has 1 aromatic heterocycles. The van der Waals surface area contributed by atoms with Crippen LogP contribution in [0.25, 0.3) is 11.4 Å². The number of hydrogen-bond acceptors (Lipinski definition) is 4. The van der Waals surface area contributed by atoms with E-state index in [2.05, 4.69) is 15.5 Å². The number of amides is 1. The van der Waals surface area contributed by atoms with Gasteiger partial charge in [-0.1, -0.05) is 71.9 Å². The fourth-order valence-corrected chi connectivity index (χ4v) is 4.03. The van der Waals surface area contributed by atoms with E-state index >= 15 is 0 Å². The lowest BCUT2D eigenvalue weighted by atomic mass is 10.2. The summed E-state index contributed by atoms with van der Waals surface area (Å²) in [4.78, 5) is 12.3. The van der Waals surface area contributed by atoms with Crippen LogP contribution in [0.3, 0.4) is 0 Å². The quantitative estimate of drug-likeness (QED) is 0.354. The molecule has 0 saturated carbocycles. The van der Waals surface area contributed by atoms with Crippen LogP contribution in [0.4, 0.5) is 14.5 Å². The van der Waals surface area contributed by atoms with Crippen molar-refractivity contribution in [2.75, 3.05) is 11.1 Å². The van der Waals surface area contributed by atoms with Crippen molar-refractivity contribution in [3.63, 3.8) is 0 Å². The normalized spacial score (nSPS) is 10.8. The van der Waals surface area contributed by atoms with Gasteiger partial charge in [-0.25, -0.2) is 8.78 Å². The average molecular weight is 471 g/mol. The van der Waals surface area contributed by atoms with Gasteiger partial charge in [-0.3, -0.25) is 9.36 Å². The maximum Gasteiger partial charge on any atom is 0.235 e. The largest absolute Gasteiger partial charge is 0.320 e. The number of carbonyl (C=O) groups excluding carboxylic acids is 1. The Morgan fingerprint density at radius 1 is 0.938 bits per heavy atom. The first-order valence-electron chi connectivity index (χ1n) is 9.61. The van der Waals surface area contributed by atoms with E-state index in [9.17, 15) is 13.6 Å². The molecule has 1 amide bonds. The van der Waals surface area contributed by atoms with Crippen LogP contribution in [0.2, 0.25) is 5.02 Å². The van der Waals surface area contributed by atoms with Crippen molar-refractivity contribution >= 4 is 35.0 Å². The van der Waals surface area contributed by atoms with Gasteiger partial charge in [-0.2, -0.15) is 0 Å². The molecule has 0 spiro atoms. The molecule has 5 nitrogen and oxygen atoms in total. The first-order chi connectivity index (χ1) is 15.5. The van der Waals surface area contributed by atoms with Crippen LogP contribution in [0.5, 0.6) is 0 Å². The number of thioether (sulfide) groups is 1. The molecule has 4 rings (SSSR count). The summed E-state index contributed by atoms with van der Waals surface area (Å²) in [5.74, 6) is -1.79. The number of carbonyl (C=O) groups is 1. The Kier molecular flexibility index (Phi) is 6.82. The number of benzene rings is 3. The van der Waals surface area contributed by atoms with Gasteiger partial charge in [0.1, 0.15) is 17.3 Å². The molecule has 9 heteroatoms. The maximum atomic E-state index is 13.8. The zero-order chi connectivity index (χ0) is 22.5. The van der Waals surface area contributed by atoms with Gasteiger partial charge in [0.15, 0.2) is 11.0 Å². The van der Waals surface area contributed by atoms with E-state index in [4.69, 9.17) is 11.6 Å². The molecule has 162 valence electrons. The molecule has 32 heavy (non-hydrogen) atoms. The second kappa shape index (κ2) is 9.93. The van der Waals surface area contributed by atoms with E-state index in [1.54, 1.807) is 6.07 Å². The van der Waals surface area contributed by atoms with E-state index in [-0.39, 0.29) is 5.75 Å². The average Bonchev–Trinajstić information content (AvgIpc) is 3.18. The predicted molar refractivity (Wildman–Crippen MR) is 122 cm³/mol. The SMILES string of the molecule is O=C(CSc1nnc(-c2ccccc2Cl)n1Cc1ccccc1)Nc1c(F)cccc1F. The van der Waals surface area contributed by atoms with Gasteiger partial charge in [-0.15, -0.1) is 10.2 Å². The van der Waals surface area contributed by atoms with Gasteiger partial charge in [0, 0.05) is 5.56 Å². The highest BCUT2D eigenvalue weighted by Gasteiger charge is 2.19. The first kappa shape index (κ1) is 22.0. The summed E-state index contributed by atoms with van der Waals surface area (Å²) in [7, 11) is 0. The van der Waals surface area contributed by atoms with Gasteiger partial charge >= 0.3 is 0 Å². The Bertz CT molecular complexity index is 1230. The Morgan fingerprint density at radius 3 is 2.34 bits per heavy atom. The monoisotopic (exact) mass is 470 g/mol. The van der Waals surface area contributed by atoms with Crippen LogP contribution < -0.4 is 5.32 Å². The third-order valence-corrected chi connectivity index (χ3v) is 5.87. The van der Waals surface area contributed by atoms with Crippen LogP contribution in [0.1, 0.15) is 5.56 Å². The zero-order valence-electron chi connectivity index (χ0n) is 16.6.